The van der Waals surface area contributed by atoms with Gasteiger partial charge in [-0.05, 0) is 6.42 Å². The zero-order valence-corrected chi connectivity index (χ0v) is 11.2. The predicted molar refractivity (Wildman–Crippen MR) is 66.8 cm³/mol. The van der Waals surface area contributed by atoms with E-state index in [1.807, 2.05) is 0 Å². The molecule has 0 aliphatic rings. The first-order valence-corrected chi connectivity index (χ1v) is 6.32. The van der Waals surface area contributed by atoms with E-state index in [0.29, 0.717) is 0 Å². The first kappa shape index (κ1) is 12.4. The lowest BCUT2D eigenvalue weighted by molar-refractivity contribution is 0.578. The zero-order valence-electron chi connectivity index (χ0n) is 10.4. The second kappa shape index (κ2) is 4.92. The third kappa shape index (κ3) is 3.45. The van der Waals surface area contributed by atoms with E-state index in [0.717, 1.165) is 16.7 Å². The van der Waals surface area contributed by atoms with Crippen molar-refractivity contribution in [3.8, 4) is 0 Å². The largest absolute Gasteiger partial charge is 0.350 e. The van der Waals surface area contributed by atoms with E-state index < -0.39 is 0 Å². The molecule has 0 radical (unpaired) electrons. The molecule has 1 aromatic rings. The zero-order chi connectivity index (χ0) is 11.5. The van der Waals surface area contributed by atoms with Crippen LogP contribution in [0.1, 0.15) is 45.5 Å². The average molecular weight is 227 g/mol. The van der Waals surface area contributed by atoms with Gasteiger partial charge in [0.15, 0.2) is 0 Å². The van der Waals surface area contributed by atoms with E-state index in [4.69, 9.17) is 0 Å². The number of rotatable bonds is 4. The third-order valence-electron chi connectivity index (χ3n) is 2.23. The number of aromatic nitrogens is 2. The number of nitrogens with zero attached hydrogens (tertiary/aromatic N) is 3. The molecular formula is C11H21N3S. The molecule has 0 atom stereocenters. The minimum absolute atomic E-state index is 0.113. The number of hydrogen-bond donors (Lipinski definition) is 0. The van der Waals surface area contributed by atoms with Crippen LogP contribution < -0.4 is 4.90 Å². The molecule has 86 valence electrons. The maximum Gasteiger partial charge on any atom is 0.208 e. The fourth-order valence-electron chi connectivity index (χ4n) is 1.16. The van der Waals surface area contributed by atoms with Crippen molar-refractivity contribution in [2.24, 2.45) is 0 Å². The fourth-order valence-corrected chi connectivity index (χ4v) is 2.05. The molecule has 1 heterocycles. The van der Waals surface area contributed by atoms with Crippen LogP contribution in [-0.2, 0) is 5.41 Å². The Morgan fingerprint density at radius 3 is 2.40 bits per heavy atom. The molecule has 0 N–H and O–H groups in total. The van der Waals surface area contributed by atoms with Crippen molar-refractivity contribution < 1.29 is 0 Å². The third-order valence-corrected chi connectivity index (χ3v) is 3.69. The van der Waals surface area contributed by atoms with Gasteiger partial charge >= 0.3 is 0 Å². The maximum absolute atomic E-state index is 4.24. The molecule has 0 bridgehead atoms. The lowest BCUT2D eigenvalue weighted by atomic mass is 9.98. The van der Waals surface area contributed by atoms with Crippen LogP contribution in [0.25, 0.3) is 0 Å². The molecule has 0 spiro atoms. The Labute approximate surface area is 96.5 Å². The number of unbranched alkanes of at least 4 members (excludes halogenated alkanes) is 1. The minimum atomic E-state index is 0.113. The van der Waals surface area contributed by atoms with Crippen molar-refractivity contribution in [1.82, 2.24) is 10.2 Å². The predicted octanol–water partition coefficient (Wildman–Crippen LogP) is 3.07. The highest BCUT2D eigenvalue weighted by Gasteiger charge is 2.20. The Hall–Kier alpha value is -0.640. The second-order valence-electron chi connectivity index (χ2n) is 4.91. The Morgan fingerprint density at radius 2 is 1.93 bits per heavy atom. The molecule has 0 amide bonds. The van der Waals surface area contributed by atoms with E-state index in [1.165, 1.54) is 12.8 Å². The van der Waals surface area contributed by atoms with Crippen LogP contribution in [0.3, 0.4) is 0 Å². The average Bonchev–Trinajstić information content (AvgIpc) is 2.62. The topological polar surface area (TPSA) is 29.0 Å². The Morgan fingerprint density at radius 1 is 1.27 bits per heavy atom. The summed E-state index contributed by atoms with van der Waals surface area (Å²) in [5.74, 6) is 0. The van der Waals surface area contributed by atoms with Crippen LogP contribution >= 0.6 is 11.3 Å². The normalized spacial score (nSPS) is 11.8. The van der Waals surface area contributed by atoms with Crippen molar-refractivity contribution >= 4 is 16.5 Å². The summed E-state index contributed by atoms with van der Waals surface area (Å²) in [5, 5.41) is 10.6. The van der Waals surface area contributed by atoms with Gasteiger partial charge in [-0.2, -0.15) is 0 Å². The van der Waals surface area contributed by atoms with Gasteiger partial charge < -0.3 is 4.90 Å². The highest BCUT2D eigenvalue weighted by Crippen LogP contribution is 2.29. The quantitative estimate of drug-likeness (QED) is 0.791. The molecule has 0 aliphatic heterocycles. The minimum Gasteiger partial charge on any atom is -0.350 e. The second-order valence-corrected chi connectivity index (χ2v) is 5.87. The lowest BCUT2D eigenvalue weighted by Gasteiger charge is -2.15. The van der Waals surface area contributed by atoms with Crippen molar-refractivity contribution in [2.45, 2.75) is 46.0 Å². The number of anilines is 1. The van der Waals surface area contributed by atoms with Crippen LogP contribution in [-0.4, -0.2) is 23.8 Å². The van der Waals surface area contributed by atoms with Crippen LogP contribution in [0.4, 0.5) is 5.13 Å². The van der Waals surface area contributed by atoms with Gasteiger partial charge in [0.25, 0.3) is 0 Å². The van der Waals surface area contributed by atoms with Gasteiger partial charge in [0.1, 0.15) is 5.01 Å². The first-order valence-electron chi connectivity index (χ1n) is 5.50. The molecule has 0 unspecified atom stereocenters. The van der Waals surface area contributed by atoms with Crippen molar-refractivity contribution in [1.29, 1.82) is 0 Å². The molecule has 0 fully saturated rings. The van der Waals surface area contributed by atoms with E-state index in [2.05, 4.69) is 49.8 Å². The van der Waals surface area contributed by atoms with Crippen LogP contribution in [0.5, 0.6) is 0 Å². The highest BCUT2D eigenvalue weighted by atomic mass is 32.1. The van der Waals surface area contributed by atoms with E-state index >= 15 is 0 Å². The fraction of sp³-hybridized carbons (Fsp3) is 0.818. The summed E-state index contributed by atoms with van der Waals surface area (Å²) in [4.78, 5) is 2.19. The Bertz CT molecular complexity index is 301. The van der Waals surface area contributed by atoms with Gasteiger partial charge in [-0.25, -0.2) is 0 Å². The van der Waals surface area contributed by atoms with Crippen molar-refractivity contribution in [3.05, 3.63) is 5.01 Å². The summed E-state index contributed by atoms with van der Waals surface area (Å²) >= 11 is 1.70. The Balaban J connectivity index is 2.67. The molecule has 1 aromatic heterocycles. The summed E-state index contributed by atoms with van der Waals surface area (Å²) in [7, 11) is 2.09. The first-order chi connectivity index (χ1) is 6.95. The number of hydrogen-bond acceptors (Lipinski definition) is 4. The van der Waals surface area contributed by atoms with Gasteiger partial charge in [-0.3, -0.25) is 0 Å². The molecule has 3 nitrogen and oxygen atoms in total. The van der Waals surface area contributed by atoms with E-state index in [1.54, 1.807) is 11.3 Å². The summed E-state index contributed by atoms with van der Waals surface area (Å²) in [6.07, 6.45) is 2.43. The van der Waals surface area contributed by atoms with Crippen molar-refractivity contribution in [2.75, 3.05) is 18.5 Å². The monoisotopic (exact) mass is 227 g/mol. The molecule has 4 heteroatoms. The molecule has 1 rings (SSSR count). The molecule has 15 heavy (non-hydrogen) atoms. The lowest BCUT2D eigenvalue weighted by Crippen LogP contribution is -2.17. The Kier molecular flexibility index (Phi) is 4.08. The van der Waals surface area contributed by atoms with Gasteiger partial charge in [0.05, 0.1) is 0 Å². The molecular weight excluding hydrogens is 206 g/mol. The molecule has 0 saturated carbocycles. The van der Waals surface area contributed by atoms with Crippen LogP contribution in [0.2, 0.25) is 0 Å². The van der Waals surface area contributed by atoms with Crippen LogP contribution in [0, 0.1) is 0 Å². The van der Waals surface area contributed by atoms with Crippen molar-refractivity contribution in [3.63, 3.8) is 0 Å². The summed E-state index contributed by atoms with van der Waals surface area (Å²) in [6, 6.07) is 0. The van der Waals surface area contributed by atoms with Gasteiger partial charge in [-0.1, -0.05) is 45.5 Å². The van der Waals surface area contributed by atoms with Gasteiger partial charge in [0, 0.05) is 19.0 Å². The standard InChI is InChI=1S/C11H21N3S/c1-6-7-8-14(5)10-13-12-9(15-10)11(2,3)4/h6-8H2,1-5H3. The summed E-state index contributed by atoms with van der Waals surface area (Å²) < 4.78 is 0. The smallest absolute Gasteiger partial charge is 0.208 e. The molecule has 0 aliphatic carbocycles. The van der Waals surface area contributed by atoms with Gasteiger partial charge in [0.2, 0.25) is 5.13 Å². The van der Waals surface area contributed by atoms with Crippen LogP contribution in [0.15, 0.2) is 0 Å². The highest BCUT2D eigenvalue weighted by molar-refractivity contribution is 7.15. The maximum atomic E-state index is 4.24. The van der Waals surface area contributed by atoms with E-state index in [-0.39, 0.29) is 5.41 Å². The molecule has 0 saturated heterocycles. The SMILES string of the molecule is CCCCN(C)c1nnc(C(C)(C)C)s1. The summed E-state index contributed by atoms with van der Waals surface area (Å²) in [5.41, 5.74) is 0.113. The van der Waals surface area contributed by atoms with Gasteiger partial charge in [-0.15, -0.1) is 10.2 Å². The van der Waals surface area contributed by atoms with E-state index in [9.17, 15) is 0 Å². The molecule has 0 aromatic carbocycles. The summed E-state index contributed by atoms with van der Waals surface area (Å²) in [6.45, 7) is 9.78.